The van der Waals surface area contributed by atoms with E-state index in [9.17, 15) is 14.4 Å². The average molecular weight is 392 g/mol. The first-order valence-corrected chi connectivity index (χ1v) is 9.39. The van der Waals surface area contributed by atoms with Crippen LogP contribution in [0, 0.1) is 0 Å². The number of nitrogens with zero attached hydrogens (tertiary/aromatic N) is 1. The summed E-state index contributed by atoms with van der Waals surface area (Å²) in [4.78, 5) is 38.7. The number of hydrogen-bond acceptors (Lipinski definition) is 5. The molecule has 3 aromatic rings. The number of nitrogens with one attached hydrogen (secondary N) is 1. The third-order valence-corrected chi connectivity index (χ3v) is 4.95. The van der Waals surface area contributed by atoms with Crippen molar-refractivity contribution < 1.29 is 18.7 Å². The van der Waals surface area contributed by atoms with Gasteiger partial charge in [0.15, 0.2) is 11.3 Å². The molecule has 0 spiro atoms. The Labute approximate surface area is 166 Å². The van der Waals surface area contributed by atoms with Gasteiger partial charge in [-0.05, 0) is 49.2 Å². The molecule has 1 saturated heterocycles. The largest absolute Gasteiger partial charge is 0.493 e. The highest BCUT2D eigenvalue weighted by molar-refractivity contribution is 6.05. The third-order valence-electron chi connectivity index (χ3n) is 4.95. The predicted octanol–water partition coefficient (Wildman–Crippen LogP) is 3.57. The van der Waals surface area contributed by atoms with Crippen LogP contribution in [0.2, 0.25) is 0 Å². The standard InChI is InChI=1S/C22H20N2O5/c1-28-18-6-4-5-14-13-17(22(27)29-20(14)18)21(26)23-15-8-10-16(11-9-15)24-12-3-2-7-19(24)25/h4-6,8-11,13H,2-3,7,12H2,1H3,(H,23,26). The lowest BCUT2D eigenvalue weighted by atomic mass is 10.1. The Morgan fingerprint density at radius 3 is 2.62 bits per heavy atom. The maximum Gasteiger partial charge on any atom is 0.349 e. The van der Waals surface area contributed by atoms with Crippen LogP contribution in [-0.4, -0.2) is 25.5 Å². The molecule has 1 fully saturated rings. The van der Waals surface area contributed by atoms with Gasteiger partial charge in [0.1, 0.15) is 5.56 Å². The van der Waals surface area contributed by atoms with Crippen molar-refractivity contribution in [3.05, 3.63) is 64.5 Å². The minimum Gasteiger partial charge on any atom is -0.493 e. The van der Waals surface area contributed by atoms with Crippen LogP contribution < -0.4 is 20.6 Å². The lowest BCUT2D eigenvalue weighted by Gasteiger charge is -2.26. The summed E-state index contributed by atoms with van der Waals surface area (Å²) >= 11 is 0. The molecule has 29 heavy (non-hydrogen) atoms. The molecule has 2 amide bonds. The molecule has 148 valence electrons. The highest BCUT2D eigenvalue weighted by atomic mass is 16.5. The predicted molar refractivity (Wildman–Crippen MR) is 110 cm³/mol. The van der Waals surface area contributed by atoms with Gasteiger partial charge in [-0.25, -0.2) is 4.79 Å². The van der Waals surface area contributed by atoms with Crippen molar-refractivity contribution in [2.24, 2.45) is 0 Å². The lowest BCUT2D eigenvalue weighted by molar-refractivity contribution is -0.119. The van der Waals surface area contributed by atoms with Crippen molar-refractivity contribution in [2.45, 2.75) is 19.3 Å². The van der Waals surface area contributed by atoms with Gasteiger partial charge in [0.05, 0.1) is 7.11 Å². The van der Waals surface area contributed by atoms with Crippen LogP contribution >= 0.6 is 0 Å². The normalized spacial score (nSPS) is 14.1. The lowest BCUT2D eigenvalue weighted by Crippen LogP contribution is -2.35. The van der Waals surface area contributed by atoms with Crippen LogP contribution in [0.4, 0.5) is 11.4 Å². The first-order valence-electron chi connectivity index (χ1n) is 9.39. The van der Waals surface area contributed by atoms with E-state index in [0.29, 0.717) is 35.4 Å². The van der Waals surface area contributed by atoms with Crippen molar-refractivity contribution in [1.29, 1.82) is 0 Å². The van der Waals surface area contributed by atoms with Crippen molar-refractivity contribution in [1.82, 2.24) is 0 Å². The fraction of sp³-hybridized carbons (Fsp3) is 0.227. The van der Waals surface area contributed by atoms with Crippen LogP contribution in [-0.2, 0) is 4.79 Å². The Kier molecular flexibility index (Phi) is 5.03. The molecule has 0 atom stereocenters. The number of amides is 2. The van der Waals surface area contributed by atoms with Gasteiger partial charge in [-0.15, -0.1) is 0 Å². The number of methoxy groups -OCH3 is 1. The number of carbonyl (C=O) groups is 2. The molecular weight excluding hydrogens is 372 g/mol. The quantitative estimate of drug-likeness (QED) is 0.686. The number of ether oxygens (including phenoxy) is 1. The first kappa shape index (κ1) is 18.7. The van der Waals surface area contributed by atoms with Crippen molar-refractivity contribution in [2.75, 3.05) is 23.9 Å². The monoisotopic (exact) mass is 392 g/mol. The van der Waals surface area contributed by atoms with Gasteiger partial charge in [-0.1, -0.05) is 12.1 Å². The molecule has 7 heteroatoms. The van der Waals surface area contributed by atoms with Crippen LogP contribution in [0.5, 0.6) is 5.75 Å². The topological polar surface area (TPSA) is 88.9 Å². The first-order chi connectivity index (χ1) is 14.1. The molecule has 0 unspecified atom stereocenters. The van der Waals surface area contributed by atoms with Gasteiger partial charge < -0.3 is 19.4 Å². The molecule has 0 aliphatic carbocycles. The van der Waals surface area contributed by atoms with E-state index in [1.54, 1.807) is 47.4 Å². The average Bonchev–Trinajstić information content (AvgIpc) is 2.74. The summed E-state index contributed by atoms with van der Waals surface area (Å²) in [5.74, 6) is -0.0306. The van der Waals surface area contributed by atoms with Crippen molar-refractivity contribution in [3.8, 4) is 5.75 Å². The Morgan fingerprint density at radius 1 is 1.10 bits per heavy atom. The summed E-state index contributed by atoms with van der Waals surface area (Å²) in [6.45, 7) is 0.701. The van der Waals surface area contributed by atoms with E-state index in [-0.39, 0.29) is 11.5 Å². The molecule has 1 aromatic heterocycles. The second-order valence-electron chi connectivity index (χ2n) is 6.83. The number of fused-ring (bicyclic) bond motifs is 1. The number of para-hydroxylation sites is 1. The molecule has 1 aliphatic rings. The smallest absolute Gasteiger partial charge is 0.349 e. The Morgan fingerprint density at radius 2 is 1.90 bits per heavy atom. The molecule has 2 heterocycles. The Hall–Kier alpha value is -3.61. The van der Waals surface area contributed by atoms with Crippen LogP contribution in [0.15, 0.2) is 57.7 Å². The Balaban J connectivity index is 1.55. The zero-order valence-corrected chi connectivity index (χ0v) is 15.9. The Bertz CT molecular complexity index is 1130. The van der Waals surface area contributed by atoms with Crippen molar-refractivity contribution in [3.63, 3.8) is 0 Å². The SMILES string of the molecule is COc1cccc2cc(C(=O)Nc3ccc(N4CCCCC4=O)cc3)c(=O)oc12. The van der Waals surface area contributed by atoms with E-state index in [1.165, 1.54) is 13.2 Å². The molecule has 4 rings (SSSR count). The maximum atomic E-state index is 12.6. The van der Waals surface area contributed by atoms with Gasteiger partial charge in [0.25, 0.3) is 5.91 Å². The second kappa shape index (κ2) is 7.79. The number of anilines is 2. The zero-order valence-electron chi connectivity index (χ0n) is 15.9. The summed E-state index contributed by atoms with van der Waals surface area (Å²) in [7, 11) is 1.48. The zero-order chi connectivity index (χ0) is 20.4. The molecular formula is C22H20N2O5. The second-order valence-corrected chi connectivity index (χ2v) is 6.83. The van der Waals surface area contributed by atoms with Gasteiger partial charge in [-0.2, -0.15) is 0 Å². The minimum absolute atomic E-state index is 0.0963. The van der Waals surface area contributed by atoms with Gasteiger partial charge in [-0.3, -0.25) is 9.59 Å². The van der Waals surface area contributed by atoms with E-state index >= 15 is 0 Å². The molecule has 2 aromatic carbocycles. The molecule has 7 nitrogen and oxygen atoms in total. The van der Waals surface area contributed by atoms with E-state index in [2.05, 4.69) is 5.32 Å². The minimum atomic E-state index is -0.741. The fourth-order valence-electron chi connectivity index (χ4n) is 3.44. The number of benzene rings is 2. The number of hydrogen-bond donors (Lipinski definition) is 1. The van der Waals surface area contributed by atoms with Crippen LogP contribution in [0.25, 0.3) is 11.0 Å². The number of carbonyl (C=O) groups excluding carboxylic acids is 2. The molecule has 1 aliphatic heterocycles. The summed E-state index contributed by atoms with van der Waals surface area (Å²) < 4.78 is 10.5. The summed E-state index contributed by atoms with van der Waals surface area (Å²) in [5, 5.41) is 3.29. The van der Waals surface area contributed by atoms with Gasteiger partial charge in [0.2, 0.25) is 5.91 Å². The number of piperidine rings is 1. The maximum absolute atomic E-state index is 12.6. The van der Waals surface area contributed by atoms with E-state index in [4.69, 9.17) is 9.15 Å². The molecule has 0 radical (unpaired) electrons. The highest BCUT2D eigenvalue weighted by Gasteiger charge is 2.20. The highest BCUT2D eigenvalue weighted by Crippen LogP contribution is 2.25. The molecule has 0 bridgehead atoms. The van der Waals surface area contributed by atoms with Gasteiger partial charge in [0, 0.05) is 29.7 Å². The van der Waals surface area contributed by atoms with Gasteiger partial charge >= 0.3 is 5.63 Å². The fourth-order valence-corrected chi connectivity index (χ4v) is 3.44. The van der Waals surface area contributed by atoms with Crippen molar-refractivity contribution >= 4 is 34.2 Å². The summed E-state index contributed by atoms with van der Waals surface area (Å²) in [5.41, 5.74) is 0.779. The van der Waals surface area contributed by atoms with E-state index in [0.717, 1.165) is 18.5 Å². The van der Waals surface area contributed by atoms with Crippen LogP contribution in [0.1, 0.15) is 29.6 Å². The molecule has 0 saturated carbocycles. The molecule has 1 N–H and O–H groups in total. The summed E-state index contributed by atoms with van der Waals surface area (Å²) in [6.07, 6.45) is 2.46. The van der Waals surface area contributed by atoms with E-state index < -0.39 is 11.5 Å². The van der Waals surface area contributed by atoms with E-state index in [1.807, 2.05) is 0 Å². The summed E-state index contributed by atoms with van der Waals surface area (Å²) in [6, 6.07) is 13.6. The number of rotatable bonds is 4. The van der Waals surface area contributed by atoms with Crippen LogP contribution in [0.3, 0.4) is 0 Å². The third kappa shape index (κ3) is 3.71.